The Morgan fingerprint density at radius 3 is 2.46 bits per heavy atom. The molecular weight excluding hydrogens is 310 g/mol. The number of anilines is 4. The molecule has 10 heteroatoms. The van der Waals surface area contributed by atoms with E-state index in [0.717, 1.165) is 0 Å². The molecule has 3 aromatic heterocycles. The second-order valence-corrected chi connectivity index (χ2v) is 4.77. The molecule has 0 bridgehead atoms. The summed E-state index contributed by atoms with van der Waals surface area (Å²) in [6.07, 6.45) is 3.13. The number of nitrogens with zero attached hydrogens (tertiary/aromatic N) is 6. The molecule has 3 heterocycles. The van der Waals surface area contributed by atoms with Crippen molar-refractivity contribution in [3.63, 3.8) is 0 Å². The van der Waals surface area contributed by atoms with Crippen LogP contribution in [-0.4, -0.2) is 37.0 Å². The number of hydrogen-bond donors (Lipinski definition) is 3. The van der Waals surface area contributed by atoms with E-state index in [1.807, 2.05) is 0 Å². The Labute approximate surface area is 137 Å². The quantitative estimate of drug-likeness (QED) is 0.632. The standard InChI is InChI=1S/C14H15N9O/c1-7-19-11(23-14(16)20-7)9-6-18-13(15)22-12(9)21-8-3-4-10(24-2)17-5-8/h3-6H,1-2H3,(H3,15,18,21,22)(H2,16,19,20,23). The summed E-state index contributed by atoms with van der Waals surface area (Å²) in [6, 6.07) is 3.51. The second-order valence-electron chi connectivity index (χ2n) is 4.77. The number of aromatic nitrogens is 6. The molecule has 0 aliphatic rings. The van der Waals surface area contributed by atoms with Gasteiger partial charge in [-0.05, 0) is 13.0 Å². The zero-order valence-electron chi connectivity index (χ0n) is 13.1. The van der Waals surface area contributed by atoms with Gasteiger partial charge in [0.05, 0.1) is 24.6 Å². The summed E-state index contributed by atoms with van der Waals surface area (Å²) < 4.78 is 5.03. The van der Waals surface area contributed by atoms with Gasteiger partial charge in [-0.2, -0.15) is 15.0 Å². The normalized spacial score (nSPS) is 10.4. The lowest BCUT2D eigenvalue weighted by molar-refractivity contribution is 0.398. The SMILES string of the molecule is COc1ccc(Nc2nc(N)ncc2-c2nc(C)nc(N)n2)cn1. The highest BCUT2D eigenvalue weighted by Gasteiger charge is 2.13. The highest BCUT2D eigenvalue weighted by molar-refractivity contribution is 5.74. The van der Waals surface area contributed by atoms with Crippen molar-refractivity contribution in [3.05, 3.63) is 30.4 Å². The molecule has 0 fully saturated rings. The van der Waals surface area contributed by atoms with Gasteiger partial charge in [0.15, 0.2) is 5.82 Å². The van der Waals surface area contributed by atoms with Crippen LogP contribution in [-0.2, 0) is 0 Å². The van der Waals surface area contributed by atoms with E-state index >= 15 is 0 Å². The number of methoxy groups -OCH3 is 1. The minimum atomic E-state index is 0.112. The fraction of sp³-hybridized carbons (Fsp3) is 0.143. The predicted molar refractivity (Wildman–Crippen MR) is 88.5 cm³/mol. The Morgan fingerprint density at radius 2 is 1.79 bits per heavy atom. The van der Waals surface area contributed by atoms with Gasteiger partial charge in [-0.25, -0.2) is 15.0 Å². The van der Waals surface area contributed by atoms with Gasteiger partial charge < -0.3 is 21.5 Å². The molecule has 3 aromatic rings. The summed E-state index contributed by atoms with van der Waals surface area (Å²) in [5.74, 6) is 2.01. The van der Waals surface area contributed by atoms with Crippen LogP contribution in [0.3, 0.4) is 0 Å². The van der Waals surface area contributed by atoms with Crippen molar-refractivity contribution < 1.29 is 4.74 Å². The molecule has 0 saturated carbocycles. The number of hydrogen-bond acceptors (Lipinski definition) is 10. The van der Waals surface area contributed by atoms with E-state index in [1.54, 1.807) is 32.4 Å². The molecule has 0 aliphatic carbocycles. The zero-order chi connectivity index (χ0) is 17.1. The monoisotopic (exact) mass is 325 g/mol. The van der Waals surface area contributed by atoms with E-state index in [2.05, 4.69) is 35.2 Å². The predicted octanol–water partition coefficient (Wildman–Crippen LogP) is 0.949. The molecule has 0 spiro atoms. The molecule has 0 aliphatic heterocycles. The van der Waals surface area contributed by atoms with Crippen LogP contribution in [0, 0.1) is 6.92 Å². The molecular formula is C14H15N9O. The van der Waals surface area contributed by atoms with Crippen molar-refractivity contribution in [2.75, 3.05) is 23.9 Å². The van der Waals surface area contributed by atoms with Crippen LogP contribution < -0.4 is 21.5 Å². The summed E-state index contributed by atoms with van der Waals surface area (Å²) in [6.45, 7) is 1.72. The maximum atomic E-state index is 5.69. The van der Waals surface area contributed by atoms with Gasteiger partial charge in [-0.15, -0.1) is 0 Å². The van der Waals surface area contributed by atoms with Gasteiger partial charge >= 0.3 is 0 Å². The minimum absolute atomic E-state index is 0.112. The van der Waals surface area contributed by atoms with Gasteiger partial charge in [0.25, 0.3) is 0 Å². The van der Waals surface area contributed by atoms with Crippen LogP contribution in [0.2, 0.25) is 0 Å². The third-order valence-electron chi connectivity index (χ3n) is 3.02. The molecule has 0 radical (unpaired) electrons. The number of nitrogens with one attached hydrogen (secondary N) is 1. The van der Waals surface area contributed by atoms with Gasteiger partial charge in [0.2, 0.25) is 17.8 Å². The van der Waals surface area contributed by atoms with E-state index in [0.29, 0.717) is 34.6 Å². The Kier molecular flexibility index (Phi) is 4.01. The fourth-order valence-corrected chi connectivity index (χ4v) is 1.99. The van der Waals surface area contributed by atoms with Crippen LogP contribution in [0.15, 0.2) is 24.5 Å². The Morgan fingerprint density at radius 1 is 0.958 bits per heavy atom. The number of pyridine rings is 1. The summed E-state index contributed by atoms with van der Waals surface area (Å²) in [7, 11) is 1.55. The topological polar surface area (TPSA) is 151 Å². The average molecular weight is 325 g/mol. The third kappa shape index (κ3) is 3.27. The van der Waals surface area contributed by atoms with Crippen molar-refractivity contribution in [2.45, 2.75) is 6.92 Å². The van der Waals surface area contributed by atoms with E-state index in [1.165, 1.54) is 6.20 Å². The second kappa shape index (κ2) is 6.28. The molecule has 0 amide bonds. The van der Waals surface area contributed by atoms with Gasteiger partial charge in [-0.1, -0.05) is 0 Å². The largest absolute Gasteiger partial charge is 0.481 e. The summed E-state index contributed by atoms with van der Waals surface area (Å²) in [5.41, 5.74) is 12.6. The lowest BCUT2D eigenvalue weighted by Gasteiger charge is -2.11. The first-order valence-corrected chi connectivity index (χ1v) is 6.93. The summed E-state index contributed by atoms with van der Waals surface area (Å²) >= 11 is 0. The Hall–Kier alpha value is -3.56. The number of aryl methyl sites for hydroxylation is 1. The van der Waals surface area contributed by atoms with E-state index in [4.69, 9.17) is 16.2 Å². The van der Waals surface area contributed by atoms with Crippen LogP contribution in [0.25, 0.3) is 11.4 Å². The third-order valence-corrected chi connectivity index (χ3v) is 3.02. The van der Waals surface area contributed by atoms with Crippen LogP contribution in [0.1, 0.15) is 5.82 Å². The minimum Gasteiger partial charge on any atom is -0.481 e. The molecule has 0 unspecified atom stereocenters. The van der Waals surface area contributed by atoms with Crippen molar-refractivity contribution in [3.8, 4) is 17.3 Å². The van der Waals surface area contributed by atoms with Crippen molar-refractivity contribution in [1.29, 1.82) is 0 Å². The number of rotatable bonds is 4. The number of nitrogen functional groups attached to an aromatic ring is 2. The van der Waals surface area contributed by atoms with E-state index in [9.17, 15) is 0 Å². The van der Waals surface area contributed by atoms with Crippen LogP contribution in [0.5, 0.6) is 5.88 Å². The van der Waals surface area contributed by atoms with Crippen molar-refractivity contribution >= 4 is 23.4 Å². The molecule has 24 heavy (non-hydrogen) atoms. The molecule has 3 rings (SSSR count). The molecule has 5 N–H and O–H groups in total. The lowest BCUT2D eigenvalue weighted by atomic mass is 10.2. The highest BCUT2D eigenvalue weighted by Crippen LogP contribution is 2.26. The maximum absolute atomic E-state index is 5.69. The first-order chi connectivity index (χ1) is 11.5. The van der Waals surface area contributed by atoms with Gasteiger partial charge in [0, 0.05) is 12.3 Å². The molecule has 122 valence electrons. The van der Waals surface area contributed by atoms with E-state index in [-0.39, 0.29) is 11.9 Å². The Bertz CT molecular complexity index is 846. The van der Waals surface area contributed by atoms with Gasteiger partial charge in [-0.3, -0.25) is 0 Å². The molecule has 0 atom stereocenters. The summed E-state index contributed by atoms with van der Waals surface area (Å²) in [5, 5.41) is 3.11. The zero-order valence-corrected chi connectivity index (χ0v) is 13.1. The van der Waals surface area contributed by atoms with Crippen molar-refractivity contribution in [1.82, 2.24) is 29.9 Å². The molecule has 0 aromatic carbocycles. The smallest absolute Gasteiger partial charge is 0.223 e. The van der Waals surface area contributed by atoms with Gasteiger partial charge in [0.1, 0.15) is 11.6 Å². The average Bonchev–Trinajstić information content (AvgIpc) is 2.55. The number of ether oxygens (including phenoxy) is 1. The van der Waals surface area contributed by atoms with Crippen LogP contribution in [0.4, 0.5) is 23.4 Å². The van der Waals surface area contributed by atoms with Crippen molar-refractivity contribution in [2.24, 2.45) is 0 Å². The maximum Gasteiger partial charge on any atom is 0.223 e. The molecule has 0 saturated heterocycles. The fourth-order valence-electron chi connectivity index (χ4n) is 1.99. The van der Waals surface area contributed by atoms with Crippen LogP contribution >= 0.6 is 0 Å². The first-order valence-electron chi connectivity index (χ1n) is 6.93. The molecule has 10 nitrogen and oxygen atoms in total. The van der Waals surface area contributed by atoms with E-state index < -0.39 is 0 Å². The first kappa shape index (κ1) is 15.3. The Balaban J connectivity index is 2.01. The highest BCUT2D eigenvalue weighted by atomic mass is 16.5. The summed E-state index contributed by atoms with van der Waals surface area (Å²) in [4.78, 5) is 24.7. The lowest BCUT2D eigenvalue weighted by Crippen LogP contribution is -2.06. The number of nitrogens with two attached hydrogens (primary N) is 2.